The Morgan fingerprint density at radius 3 is 2.26 bits per heavy atom. The first kappa shape index (κ1) is 29.9. The summed E-state index contributed by atoms with van der Waals surface area (Å²) in [4.78, 5) is 24.0. The summed E-state index contributed by atoms with van der Waals surface area (Å²) in [6.07, 6.45) is 2.63. The number of benzene rings is 3. The van der Waals surface area contributed by atoms with Crippen LogP contribution in [0.3, 0.4) is 0 Å². The first-order chi connectivity index (χ1) is 20.5. The van der Waals surface area contributed by atoms with Crippen LogP contribution in [0.1, 0.15) is 15.9 Å². The number of nitrogens with one attached hydrogen (secondary N) is 2. The molecule has 0 bridgehead atoms. The molecule has 0 saturated carbocycles. The third-order valence-corrected chi connectivity index (χ3v) is 8.29. The Balaban J connectivity index is 1.41. The second kappa shape index (κ2) is 12.4. The minimum Gasteiger partial charge on any atom is -0.378 e. The zero-order valence-corrected chi connectivity index (χ0v) is 25.0. The van der Waals surface area contributed by atoms with Crippen LogP contribution in [0.4, 0.5) is 23.0 Å². The van der Waals surface area contributed by atoms with E-state index in [1.54, 1.807) is 60.8 Å². The molecule has 1 aliphatic rings. The number of carbonyl (C=O) groups is 1. The zero-order valence-electron chi connectivity index (χ0n) is 23.3. The highest BCUT2D eigenvalue weighted by atomic mass is 32.2. The van der Waals surface area contributed by atoms with E-state index < -0.39 is 26.1 Å². The number of nitrogens with zero attached hydrogens (tertiary/aromatic N) is 3. The molecular formula is C29H29N5O7S2. The van der Waals surface area contributed by atoms with Crippen LogP contribution in [-0.4, -0.2) is 65.3 Å². The van der Waals surface area contributed by atoms with Crippen LogP contribution in [0.15, 0.2) is 83.9 Å². The van der Waals surface area contributed by atoms with E-state index in [2.05, 4.69) is 20.0 Å². The number of rotatable bonds is 9. The van der Waals surface area contributed by atoms with Gasteiger partial charge in [-0.2, -0.15) is 8.42 Å². The summed E-state index contributed by atoms with van der Waals surface area (Å²) < 4.78 is 61.7. The molecule has 0 atom stereocenters. The van der Waals surface area contributed by atoms with Crippen molar-refractivity contribution in [3.05, 3.63) is 90.1 Å². The Labute approximate surface area is 249 Å². The van der Waals surface area contributed by atoms with Gasteiger partial charge in [-0.05, 0) is 55.5 Å². The minimum atomic E-state index is -4.37. The van der Waals surface area contributed by atoms with Gasteiger partial charge in [-0.15, -0.1) is 0 Å². The van der Waals surface area contributed by atoms with E-state index in [1.807, 2.05) is 11.8 Å². The fourth-order valence-electron chi connectivity index (χ4n) is 4.39. The third-order valence-electron chi connectivity index (χ3n) is 6.46. The number of hydrogen-bond donors (Lipinski definition) is 2. The monoisotopic (exact) mass is 623 g/mol. The second-order valence-corrected chi connectivity index (χ2v) is 13.1. The summed E-state index contributed by atoms with van der Waals surface area (Å²) in [6, 6.07) is 19.4. The van der Waals surface area contributed by atoms with Crippen LogP contribution >= 0.6 is 0 Å². The summed E-state index contributed by atoms with van der Waals surface area (Å²) in [6.45, 7) is 3.77. The van der Waals surface area contributed by atoms with E-state index in [0.29, 0.717) is 49.1 Å². The number of anilines is 4. The topological polar surface area (TPSA) is 157 Å². The van der Waals surface area contributed by atoms with Gasteiger partial charge in [0.15, 0.2) is 0 Å². The average Bonchev–Trinajstić information content (AvgIpc) is 2.97. The third kappa shape index (κ3) is 7.66. The first-order valence-corrected chi connectivity index (χ1v) is 16.5. The van der Waals surface area contributed by atoms with Crippen LogP contribution < -0.4 is 14.9 Å². The Morgan fingerprint density at radius 2 is 1.58 bits per heavy atom. The molecule has 224 valence electrons. The number of hydrogen-bond acceptors (Lipinski definition) is 11. The highest BCUT2D eigenvalue weighted by molar-refractivity contribution is 7.92. The van der Waals surface area contributed by atoms with Crippen molar-refractivity contribution in [1.29, 1.82) is 0 Å². The average molecular weight is 624 g/mol. The number of morpholine rings is 1. The number of sulfonamides is 1. The zero-order chi connectivity index (χ0) is 30.6. The highest BCUT2D eigenvalue weighted by Gasteiger charge is 2.26. The summed E-state index contributed by atoms with van der Waals surface area (Å²) in [5.74, 6) is -0.801. The Morgan fingerprint density at radius 1 is 0.907 bits per heavy atom. The summed E-state index contributed by atoms with van der Waals surface area (Å²) in [5, 5.41) is 3.07. The molecule has 12 nitrogen and oxygen atoms in total. The fraction of sp³-hybridized carbons (Fsp3) is 0.207. The molecule has 0 unspecified atom stereocenters. The molecule has 0 spiro atoms. The van der Waals surface area contributed by atoms with E-state index in [1.165, 1.54) is 18.2 Å². The summed E-state index contributed by atoms with van der Waals surface area (Å²) >= 11 is 0. The maximum Gasteiger partial charge on any atom is 0.356 e. The van der Waals surface area contributed by atoms with Crippen molar-refractivity contribution in [2.24, 2.45) is 0 Å². The molecule has 0 radical (unpaired) electrons. The van der Waals surface area contributed by atoms with Crippen molar-refractivity contribution in [1.82, 2.24) is 9.97 Å². The summed E-state index contributed by atoms with van der Waals surface area (Å²) in [7, 11) is -7.77. The van der Waals surface area contributed by atoms with Crippen molar-refractivity contribution in [3.8, 4) is 11.3 Å². The van der Waals surface area contributed by atoms with E-state index >= 15 is 0 Å². The summed E-state index contributed by atoms with van der Waals surface area (Å²) in [5.41, 5.74) is 3.56. The largest absolute Gasteiger partial charge is 0.378 e. The lowest BCUT2D eigenvalue weighted by molar-refractivity contribution is 0.0746. The SMILES string of the molecule is Cc1ccc(S(=O)(=O)OC(=O)c2cc(Nc3nccc(-c4ccc(NS(C)(=O)=O)cc4)n3)ccc2N2CCOCC2)cc1. The van der Waals surface area contributed by atoms with E-state index in [0.717, 1.165) is 17.4 Å². The maximum atomic E-state index is 13.4. The molecule has 43 heavy (non-hydrogen) atoms. The predicted molar refractivity (Wildman–Crippen MR) is 162 cm³/mol. The predicted octanol–water partition coefficient (Wildman–Crippen LogP) is 3.95. The molecule has 1 aromatic heterocycles. The molecule has 2 heterocycles. The molecule has 1 saturated heterocycles. The van der Waals surface area contributed by atoms with E-state index in [9.17, 15) is 21.6 Å². The van der Waals surface area contributed by atoms with Gasteiger partial charge in [0.2, 0.25) is 16.0 Å². The van der Waals surface area contributed by atoms with Crippen LogP contribution in [-0.2, 0) is 29.1 Å². The molecule has 1 fully saturated rings. The van der Waals surface area contributed by atoms with E-state index in [-0.39, 0.29) is 16.4 Å². The normalized spacial score (nSPS) is 13.8. The van der Waals surface area contributed by atoms with Gasteiger partial charge in [0, 0.05) is 36.2 Å². The molecule has 0 aliphatic carbocycles. The Bertz CT molecular complexity index is 1840. The molecule has 5 rings (SSSR count). The van der Waals surface area contributed by atoms with E-state index in [4.69, 9.17) is 8.92 Å². The lowest BCUT2D eigenvalue weighted by Crippen LogP contribution is -2.37. The van der Waals surface area contributed by atoms with Gasteiger partial charge in [0.25, 0.3) is 0 Å². The maximum absolute atomic E-state index is 13.4. The van der Waals surface area contributed by atoms with Crippen LogP contribution in [0.25, 0.3) is 11.3 Å². The number of aryl methyl sites for hydroxylation is 1. The van der Waals surface area contributed by atoms with Crippen molar-refractivity contribution in [2.75, 3.05) is 47.5 Å². The smallest absolute Gasteiger partial charge is 0.356 e. The van der Waals surface area contributed by atoms with Crippen molar-refractivity contribution in [2.45, 2.75) is 11.8 Å². The highest BCUT2D eigenvalue weighted by Crippen LogP contribution is 2.29. The quantitative estimate of drug-likeness (QED) is 0.260. The number of carbonyl (C=O) groups excluding carboxylic acids is 1. The molecule has 4 aromatic rings. The van der Waals surface area contributed by atoms with Gasteiger partial charge >= 0.3 is 16.1 Å². The molecular weight excluding hydrogens is 594 g/mol. The fourth-order valence-corrected chi connectivity index (χ4v) is 5.81. The van der Waals surface area contributed by atoms with Crippen molar-refractivity contribution >= 4 is 49.1 Å². The second-order valence-electron chi connectivity index (χ2n) is 9.81. The van der Waals surface area contributed by atoms with Gasteiger partial charge < -0.3 is 19.1 Å². The van der Waals surface area contributed by atoms with Crippen molar-refractivity contribution < 1.29 is 30.6 Å². The molecule has 1 aliphatic heterocycles. The van der Waals surface area contributed by atoms with Gasteiger partial charge in [0.05, 0.1) is 36.4 Å². The molecule has 14 heteroatoms. The lowest BCUT2D eigenvalue weighted by Gasteiger charge is -2.30. The van der Waals surface area contributed by atoms with Crippen LogP contribution in [0, 0.1) is 6.92 Å². The van der Waals surface area contributed by atoms with Crippen molar-refractivity contribution in [3.63, 3.8) is 0 Å². The first-order valence-electron chi connectivity index (χ1n) is 13.2. The van der Waals surface area contributed by atoms with Gasteiger partial charge in [-0.25, -0.2) is 23.2 Å². The number of ether oxygens (including phenoxy) is 1. The van der Waals surface area contributed by atoms with Crippen LogP contribution in [0.5, 0.6) is 0 Å². The van der Waals surface area contributed by atoms with Gasteiger partial charge in [-0.3, -0.25) is 4.72 Å². The standard InChI is InChI=1S/C29H29N5O7S2/c1-20-3-10-24(11-4-20)43(38,39)41-28(35)25-19-23(9-12-27(25)34-15-17-40-18-16-34)31-29-30-14-13-26(32-29)21-5-7-22(8-6-21)33-42(2,36)37/h3-14,19,33H,15-18H2,1-2H3,(H,30,31,32). The number of aromatic nitrogens is 2. The minimum absolute atomic E-state index is 0.0488. The van der Waals surface area contributed by atoms with Gasteiger partial charge in [-0.1, -0.05) is 29.8 Å². The van der Waals surface area contributed by atoms with Crippen LogP contribution in [0.2, 0.25) is 0 Å². The Hall–Kier alpha value is -4.53. The van der Waals surface area contributed by atoms with Gasteiger partial charge in [0.1, 0.15) is 4.90 Å². The molecule has 3 aromatic carbocycles. The Kier molecular flexibility index (Phi) is 8.62. The molecule has 0 amide bonds. The lowest BCUT2D eigenvalue weighted by atomic mass is 10.1. The molecule has 2 N–H and O–H groups in total.